The Hall–Kier alpha value is -3.11. The number of imide groups is 1. The first-order valence-electron chi connectivity index (χ1n) is 9.25. The number of non-ortho nitro benzene ring substituents is 1. The van der Waals surface area contributed by atoms with Crippen LogP contribution in [-0.2, 0) is 14.3 Å². The van der Waals surface area contributed by atoms with Crippen molar-refractivity contribution < 1.29 is 28.5 Å². The lowest BCUT2D eigenvalue weighted by molar-refractivity contribution is -0.384. The standard InChI is InChI=1S/C20H17ClN2O7S/c1-2-3-8-29-18(24)11-22-19(25)17(31-20(22)26)10-13-5-7-16(30-13)14-9-12(23(27)28)4-6-15(14)21/h4-7,9-10H,2-3,8,11H2,1H3/b17-10+. The Balaban J connectivity index is 1.75. The van der Waals surface area contributed by atoms with Crippen LogP contribution in [0.3, 0.4) is 0 Å². The first kappa shape index (κ1) is 22.6. The lowest BCUT2D eigenvalue weighted by Gasteiger charge is -2.11. The van der Waals surface area contributed by atoms with Gasteiger partial charge in [-0.1, -0.05) is 24.9 Å². The number of carbonyl (C=O) groups is 3. The number of nitrogens with zero attached hydrogens (tertiary/aromatic N) is 2. The van der Waals surface area contributed by atoms with Crippen LogP contribution in [0.1, 0.15) is 25.5 Å². The van der Waals surface area contributed by atoms with Gasteiger partial charge in [-0.25, -0.2) is 0 Å². The van der Waals surface area contributed by atoms with Gasteiger partial charge in [0.15, 0.2) is 0 Å². The Morgan fingerprint density at radius 2 is 2.10 bits per heavy atom. The molecule has 1 aliphatic rings. The van der Waals surface area contributed by atoms with E-state index in [0.29, 0.717) is 23.7 Å². The Morgan fingerprint density at radius 1 is 1.32 bits per heavy atom. The predicted molar refractivity (Wildman–Crippen MR) is 114 cm³/mol. The molecule has 162 valence electrons. The minimum absolute atomic E-state index is 0.0809. The molecule has 0 spiro atoms. The predicted octanol–water partition coefficient (Wildman–Crippen LogP) is 4.89. The number of hydrogen-bond donors (Lipinski definition) is 0. The van der Waals surface area contributed by atoms with Gasteiger partial charge in [0.1, 0.15) is 18.1 Å². The fourth-order valence-corrected chi connectivity index (χ4v) is 3.69. The first-order chi connectivity index (χ1) is 14.8. The average molecular weight is 465 g/mol. The number of ether oxygens (including phenoxy) is 1. The second kappa shape index (κ2) is 9.80. The fraction of sp³-hybridized carbons (Fsp3) is 0.250. The number of nitro groups is 1. The molecule has 11 heteroatoms. The van der Waals surface area contributed by atoms with Gasteiger partial charge in [-0.15, -0.1) is 0 Å². The fourth-order valence-electron chi connectivity index (χ4n) is 2.66. The molecule has 1 aromatic heterocycles. The highest BCUT2D eigenvalue weighted by Gasteiger charge is 2.37. The number of benzene rings is 1. The number of hydrogen-bond acceptors (Lipinski definition) is 8. The summed E-state index contributed by atoms with van der Waals surface area (Å²) in [4.78, 5) is 47.8. The van der Waals surface area contributed by atoms with Crippen LogP contribution in [-0.4, -0.2) is 40.1 Å². The third-order valence-electron chi connectivity index (χ3n) is 4.25. The van der Waals surface area contributed by atoms with Crippen molar-refractivity contribution in [2.75, 3.05) is 13.2 Å². The topological polar surface area (TPSA) is 120 Å². The molecule has 0 aliphatic carbocycles. The summed E-state index contributed by atoms with van der Waals surface area (Å²) in [5.74, 6) is -0.779. The first-order valence-corrected chi connectivity index (χ1v) is 10.4. The number of esters is 1. The van der Waals surface area contributed by atoms with E-state index in [-0.39, 0.29) is 33.7 Å². The number of carbonyl (C=O) groups excluding carboxylic acids is 3. The molecule has 0 saturated carbocycles. The molecule has 0 unspecified atom stereocenters. The van der Waals surface area contributed by atoms with E-state index in [1.165, 1.54) is 30.3 Å². The molecule has 0 radical (unpaired) electrons. The molecular formula is C20H17ClN2O7S. The Bertz CT molecular complexity index is 1080. The summed E-state index contributed by atoms with van der Waals surface area (Å²) in [6.07, 6.45) is 2.91. The largest absolute Gasteiger partial charge is 0.464 e. The van der Waals surface area contributed by atoms with Gasteiger partial charge in [0.25, 0.3) is 16.8 Å². The molecular weight excluding hydrogens is 448 g/mol. The highest BCUT2D eigenvalue weighted by Crippen LogP contribution is 2.35. The Kier molecular flexibility index (Phi) is 7.13. The van der Waals surface area contributed by atoms with Crippen LogP contribution < -0.4 is 0 Å². The lowest BCUT2D eigenvalue weighted by Crippen LogP contribution is -2.34. The van der Waals surface area contributed by atoms with Crippen LogP contribution in [0.4, 0.5) is 10.5 Å². The van der Waals surface area contributed by atoms with Gasteiger partial charge >= 0.3 is 5.97 Å². The zero-order chi connectivity index (χ0) is 22.5. The molecule has 1 saturated heterocycles. The Morgan fingerprint density at radius 3 is 2.81 bits per heavy atom. The molecule has 3 rings (SSSR count). The average Bonchev–Trinajstić information content (AvgIpc) is 3.28. The van der Waals surface area contributed by atoms with Crippen molar-refractivity contribution in [2.45, 2.75) is 19.8 Å². The summed E-state index contributed by atoms with van der Waals surface area (Å²) >= 11 is 6.80. The van der Waals surface area contributed by atoms with E-state index >= 15 is 0 Å². The van der Waals surface area contributed by atoms with E-state index in [9.17, 15) is 24.5 Å². The summed E-state index contributed by atoms with van der Waals surface area (Å²) in [7, 11) is 0. The molecule has 1 aromatic carbocycles. The lowest BCUT2D eigenvalue weighted by atomic mass is 10.1. The van der Waals surface area contributed by atoms with E-state index in [4.69, 9.17) is 20.8 Å². The van der Waals surface area contributed by atoms with Crippen LogP contribution >= 0.6 is 23.4 Å². The third kappa shape index (κ3) is 5.33. The van der Waals surface area contributed by atoms with Crippen LogP contribution in [0.2, 0.25) is 5.02 Å². The van der Waals surface area contributed by atoms with Crippen LogP contribution in [0.25, 0.3) is 17.4 Å². The molecule has 0 N–H and O–H groups in total. The molecule has 0 atom stereocenters. The van der Waals surface area contributed by atoms with Crippen molar-refractivity contribution in [1.29, 1.82) is 0 Å². The summed E-state index contributed by atoms with van der Waals surface area (Å²) in [5.41, 5.74) is 0.169. The quantitative estimate of drug-likeness (QED) is 0.178. The van der Waals surface area contributed by atoms with Gasteiger partial charge in [-0.3, -0.25) is 29.4 Å². The highest BCUT2D eigenvalue weighted by molar-refractivity contribution is 8.18. The molecule has 31 heavy (non-hydrogen) atoms. The number of rotatable bonds is 8. The van der Waals surface area contributed by atoms with E-state index < -0.39 is 28.6 Å². The molecule has 2 heterocycles. The van der Waals surface area contributed by atoms with Crippen molar-refractivity contribution in [1.82, 2.24) is 4.90 Å². The summed E-state index contributed by atoms with van der Waals surface area (Å²) in [6, 6.07) is 7.04. The zero-order valence-corrected chi connectivity index (χ0v) is 17.9. The van der Waals surface area contributed by atoms with Crippen molar-refractivity contribution in [3.05, 3.63) is 56.1 Å². The van der Waals surface area contributed by atoms with E-state index in [0.717, 1.165) is 11.3 Å². The maximum atomic E-state index is 12.5. The summed E-state index contributed by atoms with van der Waals surface area (Å²) in [5, 5.41) is 10.7. The minimum Gasteiger partial charge on any atom is -0.464 e. The van der Waals surface area contributed by atoms with E-state index in [2.05, 4.69) is 0 Å². The number of nitro benzene ring substituents is 1. The normalized spacial score (nSPS) is 15.0. The number of unbranched alkanes of at least 4 members (excludes halogenated alkanes) is 1. The van der Waals surface area contributed by atoms with Gasteiger partial charge in [-0.2, -0.15) is 0 Å². The molecule has 1 aliphatic heterocycles. The zero-order valence-electron chi connectivity index (χ0n) is 16.3. The maximum absolute atomic E-state index is 12.5. The van der Waals surface area contributed by atoms with Gasteiger partial charge in [-0.05, 0) is 36.4 Å². The van der Waals surface area contributed by atoms with Crippen molar-refractivity contribution >= 4 is 52.2 Å². The van der Waals surface area contributed by atoms with Gasteiger partial charge in [0, 0.05) is 23.8 Å². The van der Waals surface area contributed by atoms with Crippen LogP contribution in [0.15, 0.2) is 39.7 Å². The smallest absolute Gasteiger partial charge is 0.326 e. The van der Waals surface area contributed by atoms with Gasteiger partial charge in [0.05, 0.1) is 21.5 Å². The minimum atomic E-state index is -0.655. The summed E-state index contributed by atoms with van der Waals surface area (Å²) < 4.78 is 10.6. The number of furan rings is 1. The highest BCUT2D eigenvalue weighted by atomic mass is 35.5. The van der Waals surface area contributed by atoms with Gasteiger partial charge < -0.3 is 9.15 Å². The number of thioether (sulfide) groups is 1. The van der Waals surface area contributed by atoms with Crippen LogP contribution in [0.5, 0.6) is 0 Å². The van der Waals surface area contributed by atoms with Crippen molar-refractivity contribution in [3.8, 4) is 11.3 Å². The van der Waals surface area contributed by atoms with E-state index in [1.807, 2.05) is 6.92 Å². The Labute approximate surface area is 186 Å². The number of amides is 2. The second-order valence-electron chi connectivity index (χ2n) is 6.47. The second-order valence-corrected chi connectivity index (χ2v) is 7.87. The van der Waals surface area contributed by atoms with E-state index in [1.54, 1.807) is 6.07 Å². The molecule has 1 fully saturated rings. The van der Waals surface area contributed by atoms with Gasteiger partial charge in [0.2, 0.25) is 0 Å². The molecule has 2 aromatic rings. The van der Waals surface area contributed by atoms with Crippen molar-refractivity contribution in [2.24, 2.45) is 0 Å². The SMILES string of the molecule is CCCCOC(=O)CN1C(=O)S/C(=C/c2ccc(-c3cc([N+](=O)[O-])ccc3Cl)o2)C1=O. The third-order valence-corrected chi connectivity index (χ3v) is 5.49. The van der Waals surface area contributed by atoms with Crippen LogP contribution in [0, 0.1) is 10.1 Å². The molecule has 2 amide bonds. The number of halogens is 1. The molecule has 0 bridgehead atoms. The molecule has 9 nitrogen and oxygen atoms in total. The summed E-state index contributed by atoms with van der Waals surface area (Å²) in [6.45, 7) is 1.72. The maximum Gasteiger partial charge on any atom is 0.326 e. The van der Waals surface area contributed by atoms with Crippen molar-refractivity contribution in [3.63, 3.8) is 0 Å². The monoisotopic (exact) mass is 464 g/mol.